The highest BCUT2D eigenvalue weighted by Gasteiger charge is 2.38. The Kier molecular flexibility index (Phi) is 11.8. The van der Waals surface area contributed by atoms with E-state index in [-0.39, 0.29) is 48.4 Å². The molecule has 0 N–H and O–H groups in total. The zero-order valence-electron chi connectivity index (χ0n) is 28.4. The van der Waals surface area contributed by atoms with Crippen LogP contribution < -0.4 is 4.90 Å². The summed E-state index contributed by atoms with van der Waals surface area (Å²) in [5.74, 6) is -0.572. The quantitative estimate of drug-likeness (QED) is 0.154. The molecule has 0 saturated heterocycles. The molecule has 0 spiro atoms. The van der Waals surface area contributed by atoms with E-state index in [9.17, 15) is 25.4 Å². The minimum absolute atomic E-state index is 0.000800. The molecule has 0 aromatic heterocycles. The van der Waals surface area contributed by atoms with Crippen LogP contribution in [0.5, 0.6) is 0 Å². The van der Waals surface area contributed by atoms with Gasteiger partial charge in [0, 0.05) is 44.3 Å². The summed E-state index contributed by atoms with van der Waals surface area (Å²) in [7, 11) is 3.82. The maximum Gasteiger partial charge on any atom is 0.307 e. The Morgan fingerprint density at radius 1 is 1.08 bits per heavy atom. The van der Waals surface area contributed by atoms with Crippen LogP contribution in [-0.2, 0) is 19.1 Å². The summed E-state index contributed by atoms with van der Waals surface area (Å²) in [5.41, 5.74) is 3.63. The van der Waals surface area contributed by atoms with Crippen molar-refractivity contribution in [3.05, 3.63) is 106 Å². The SMILES string of the molecule is CCCC1=NN(CCOC(=O)CCN(C)c2ccc(/C=C/C3=C(C#N)C(=C(C#N)C#N)OC3(C)C)cc2)C(=O)/C1=C/C=C1C=CN(C)C=C1. The van der Waals surface area contributed by atoms with Gasteiger partial charge in [-0.3, -0.25) is 9.59 Å². The van der Waals surface area contributed by atoms with Crippen molar-refractivity contribution in [2.45, 2.75) is 45.6 Å². The average Bonchev–Trinajstić information content (AvgIpc) is 3.53. The largest absolute Gasteiger partial charge is 0.480 e. The van der Waals surface area contributed by atoms with Crippen molar-refractivity contribution < 1.29 is 19.1 Å². The molecule has 0 atom stereocenters. The molecule has 1 amide bonds. The van der Waals surface area contributed by atoms with Crippen LogP contribution in [0.15, 0.2) is 106 Å². The monoisotopic (exact) mass is 657 g/mol. The first-order valence-electron chi connectivity index (χ1n) is 15.9. The number of amides is 1. The van der Waals surface area contributed by atoms with E-state index in [1.807, 2.05) is 91.8 Å². The van der Waals surface area contributed by atoms with E-state index in [0.29, 0.717) is 24.1 Å². The number of rotatable bonds is 12. The summed E-state index contributed by atoms with van der Waals surface area (Å²) < 4.78 is 11.2. The highest BCUT2D eigenvalue weighted by Crippen LogP contribution is 2.40. The van der Waals surface area contributed by atoms with Gasteiger partial charge in [-0.2, -0.15) is 20.9 Å². The fourth-order valence-electron chi connectivity index (χ4n) is 5.26. The Morgan fingerprint density at radius 3 is 2.41 bits per heavy atom. The van der Waals surface area contributed by atoms with Crippen LogP contribution in [0.3, 0.4) is 0 Å². The van der Waals surface area contributed by atoms with E-state index in [1.54, 1.807) is 38.1 Å². The van der Waals surface area contributed by atoms with Crippen LogP contribution in [0.25, 0.3) is 6.08 Å². The van der Waals surface area contributed by atoms with Crippen LogP contribution in [0, 0.1) is 34.0 Å². The van der Waals surface area contributed by atoms with E-state index in [0.717, 1.165) is 29.0 Å². The molecule has 3 aliphatic heterocycles. The van der Waals surface area contributed by atoms with Crippen molar-refractivity contribution >= 4 is 29.4 Å². The predicted molar refractivity (Wildman–Crippen MR) is 187 cm³/mol. The highest BCUT2D eigenvalue weighted by atomic mass is 16.5. The van der Waals surface area contributed by atoms with Gasteiger partial charge in [-0.25, -0.2) is 5.01 Å². The number of hydrazone groups is 1. The van der Waals surface area contributed by atoms with Gasteiger partial charge < -0.3 is 19.3 Å². The van der Waals surface area contributed by atoms with E-state index in [4.69, 9.17) is 9.47 Å². The van der Waals surface area contributed by atoms with Gasteiger partial charge in [-0.15, -0.1) is 0 Å². The summed E-state index contributed by atoms with van der Waals surface area (Å²) in [6.07, 6.45) is 16.8. The number of allylic oxidation sites excluding steroid dienone is 7. The number of nitrogens with zero attached hydrogens (tertiary/aromatic N) is 7. The molecule has 0 unspecified atom stereocenters. The fraction of sp³-hybridized carbons (Fsp3) is 0.316. The Bertz CT molecular complexity index is 1820. The van der Waals surface area contributed by atoms with E-state index in [2.05, 4.69) is 11.2 Å². The molecule has 0 saturated carbocycles. The van der Waals surface area contributed by atoms with Crippen LogP contribution in [0.1, 0.15) is 45.6 Å². The average molecular weight is 658 g/mol. The molecule has 1 aromatic carbocycles. The third kappa shape index (κ3) is 8.82. The molecule has 0 radical (unpaired) electrons. The lowest BCUT2D eigenvalue weighted by Gasteiger charge is -2.20. The second kappa shape index (κ2) is 16.1. The minimum Gasteiger partial charge on any atom is -0.480 e. The second-order valence-corrected chi connectivity index (χ2v) is 12.0. The number of esters is 1. The number of carbonyl (C=O) groups excluding carboxylic acids is 2. The number of ether oxygens (including phenoxy) is 2. The highest BCUT2D eigenvalue weighted by molar-refractivity contribution is 6.24. The molecular weight excluding hydrogens is 618 g/mol. The van der Waals surface area contributed by atoms with Gasteiger partial charge in [0.2, 0.25) is 0 Å². The van der Waals surface area contributed by atoms with Gasteiger partial charge >= 0.3 is 5.97 Å². The molecule has 250 valence electrons. The van der Waals surface area contributed by atoms with E-state index >= 15 is 0 Å². The van der Waals surface area contributed by atoms with Gasteiger partial charge in [0.1, 0.15) is 36.0 Å². The van der Waals surface area contributed by atoms with Crippen molar-refractivity contribution in [2.24, 2.45) is 5.10 Å². The van der Waals surface area contributed by atoms with Crippen molar-refractivity contribution in [3.8, 4) is 18.2 Å². The molecule has 11 nitrogen and oxygen atoms in total. The number of hydrogen-bond acceptors (Lipinski definition) is 10. The summed E-state index contributed by atoms with van der Waals surface area (Å²) in [6, 6.07) is 13.3. The van der Waals surface area contributed by atoms with Crippen LogP contribution in [0.2, 0.25) is 0 Å². The lowest BCUT2D eigenvalue weighted by molar-refractivity contribution is -0.145. The lowest BCUT2D eigenvalue weighted by atomic mass is 9.94. The summed E-state index contributed by atoms with van der Waals surface area (Å²) in [4.78, 5) is 29.5. The smallest absolute Gasteiger partial charge is 0.307 e. The number of hydrogen-bond donors (Lipinski definition) is 0. The second-order valence-electron chi connectivity index (χ2n) is 12.0. The summed E-state index contributed by atoms with van der Waals surface area (Å²) in [5, 5.41) is 34.1. The molecule has 3 heterocycles. The maximum absolute atomic E-state index is 13.1. The maximum atomic E-state index is 13.1. The van der Waals surface area contributed by atoms with E-state index < -0.39 is 5.60 Å². The van der Waals surface area contributed by atoms with Gasteiger partial charge in [-0.05, 0) is 61.8 Å². The molecule has 0 aliphatic carbocycles. The van der Waals surface area contributed by atoms with Gasteiger partial charge in [0.25, 0.3) is 5.91 Å². The number of carbonyl (C=O) groups is 2. The van der Waals surface area contributed by atoms with Gasteiger partial charge in [-0.1, -0.05) is 43.7 Å². The zero-order chi connectivity index (χ0) is 35.6. The lowest BCUT2D eigenvalue weighted by Crippen LogP contribution is -2.28. The van der Waals surface area contributed by atoms with Crippen molar-refractivity contribution in [1.82, 2.24) is 9.91 Å². The predicted octanol–water partition coefficient (Wildman–Crippen LogP) is 5.82. The molecular formula is C38H39N7O4. The normalized spacial score (nSPS) is 17.2. The molecule has 1 aromatic rings. The van der Waals surface area contributed by atoms with Crippen LogP contribution in [-0.4, -0.2) is 66.9 Å². The van der Waals surface area contributed by atoms with Crippen molar-refractivity contribution in [3.63, 3.8) is 0 Å². The van der Waals surface area contributed by atoms with Gasteiger partial charge in [0.05, 0.1) is 24.3 Å². The fourth-order valence-corrected chi connectivity index (χ4v) is 5.26. The number of benzene rings is 1. The standard InChI is InChI=1S/C38H39N7O4/c1-6-7-34-31(14-10-28-16-19-43(4)20-17-28)37(47)45(42-34)22-23-48-35(46)18-21-44(5)30-12-8-27(9-13-30)11-15-33-32(26-41)36(29(24-39)25-40)49-38(33,2)3/h8-17,19-20H,6-7,18,21-23H2,1-5H3/b15-11+,31-14+. The Labute approximate surface area is 287 Å². The Morgan fingerprint density at radius 2 is 1.78 bits per heavy atom. The van der Waals surface area contributed by atoms with Crippen molar-refractivity contribution in [2.75, 3.05) is 38.7 Å². The van der Waals surface area contributed by atoms with Gasteiger partial charge in [0.15, 0.2) is 11.3 Å². The van der Waals surface area contributed by atoms with E-state index in [1.165, 1.54) is 5.01 Å². The molecule has 4 rings (SSSR count). The van der Waals surface area contributed by atoms with Crippen molar-refractivity contribution in [1.29, 1.82) is 15.8 Å². The first-order valence-corrected chi connectivity index (χ1v) is 15.9. The molecule has 3 aliphatic rings. The van der Waals surface area contributed by atoms with Crippen LogP contribution in [0.4, 0.5) is 5.69 Å². The summed E-state index contributed by atoms with van der Waals surface area (Å²) >= 11 is 0. The molecule has 0 bridgehead atoms. The third-order valence-electron chi connectivity index (χ3n) is 8.01. The first-order chi connectivity index (χ1) is 23.5. The number of nitriles is 3. The molecule has 0 fully saturated rings. The molecule has 11 heteroatoms. The Hall–Kier alpha value is -6.12. The third-order valence-corrected chi connectivity index (χ3v) is 8.01. The topological polar surface area (TPSA) is 146 Å². The zero-order valence-corrected chi connectivity index (χ0v) is 28.4. The first kappa shape index (κ1) is 35.7. The van der Waals surface area contributed by atoms with Crippen LogP contribution >= 0.6 is 0 Å². The molecule has 49 heavy (non-hydrogen) atoms. The minimum atomic E-state index is -0.889. The summed E-state index contributed by atoms with van der Waals surface area (Å²) in [6.45, 7) is 6.23. The number of anilines is 1. The Balaban J connectivity index is 1.28.